The number of hydrogen-bond donors (Lipinski definition) is 2. The molecule has 1 fully saturated rings. The summed E-state index contributed by atoms with van der Waals surface area (Å²) in [6, 6.07) is 15.7. The number of benzene rings is 3. The van der Waals surface area contributed by atoms with E-state index in [1.54, 1.807) is 55.8 Å². The van der Waals surface area contributed by atoms with E-state index in [1.807, 2.05) is 0 Å². The minimum atomic E-state index is -0.628. The van der Waals surface area contributed by atoms with Crippen LogP contribution in [-0.2, 0) is 0 Å². The van der Waals surface area contributed by atoms with Crippen LogP contribution in [0.4, 0.5) is 15.8 Å². The number of aromatic nitrogens is 1. The Labute approximate surface area is 265 Å². The molecule has 13 heteroatoms. The van der Waals surface area contributed by atoms with Gasteiger partial charge in [0, 0.05) is 42.0 Å². The maximum absolute atomic E-state index is 15.1. The Bertz CT molecular complexity index is 1700. The second-order valence-corrected chi connectivity index (χ2v) is 10.7. The molecule has 0 atom stereocenters. The number of hydrogen-bond acceptors (Lipinski definition) is 9. The number of methoxy groups -OCH3 is 1. The third-order valence-corrected chi connectivity index (χ3v) is 7.42. The van der Waals surface area contributed by atoms with E-state index in [1.165, 1.54) is 43.7 Å². The number of halogens is 1. The summed E-state index contributed by atoms with van der Waals surface area (Å²) >= 11 is 5.21. The number of fused-ring (bicyclic) bond motifs is 1. The molecule has 1 saturated heterocycles. The number of hydrazone groups is 1. The summed E-state index contributed by atoms with van der Waals surface area (Å²) in [6.45, 7) is 3.86. The number of nitro benzene ring substituents is 1. The first kappa shape index (κ1) is 31.5. The smallest absolute Gasteiger partial charge is 0.278 e. The van der Waals surface area contributed by atoms with Gasteiger partial charge in [-0.05, 0) is 74.9 Å². The Morgan fingerprint density at radius 2 is 1.91 bits per heavy atom. The van der Waals surface area contributed by atoms with Crippen molar-refractivity contribution >= 4 is 45.8 Å². The molecule has 11 nitrogen and oxygen atoms in total. The maximum atomic E-state index is 15.1. The van der Waals surface area contributed by atoms with Gasteiger partial charge in [0.05, 0.1) is 35.9 Å². The van der Waals surface area contributed by atoms with Crippen molar-refractivity contribution in [1.29, 1.82) is 0 Å². The third-order valence-electron chi connectivity index (χ3n) is 7.22. The van der Waals surface area contributed by atoms with Crippen molar-refractivity contribution in [2.75, 3.05) is 38.7 Å². The number of nitrogens with one attached hydrogen (secondary N) is 2. The standard InChI is InChI=1S/C32H33FN6O5S/c1-42-30-19-24-26(20-31(30)43-17-7-16-38-14-5-2-6-15-38)34-13-12-28(24)44-29-11-10-23(18-25(29)33)36-32(45)37-35-21-22-8-3-4-9-27(22)39(40)41/h3-4,8-13,18-21H,2,5-7,14-17H2,1H3,(H2,36,37,45)/b35-21+. The van der Waals surface area contributed by atoms with E-state index in [0.29, 0.717) is 46.0 Å². The van der Waals surface area contributed by atoms with Gasteiger partial charge in [0.25, 0.3) is 5.69 Å². The van der Waals surface area contributed by atoms with Crippen LogP contribution in [0.1, 0.15) is 31.2 Å². The number of rotatable bonds is 12. The minimum Gasteiger partial charge on any atom is -0.493 e. The third kappa shape index (κ3) is 8.40. The Balaban J connectivity index is 1.21. The molecule has 0 bridgehead atoms. The van der Waals surface area contributed by atoms with Crippen LogP contribution in [0.2, 0.25) is 0 Å². The van der Waals surface area contributed by atoms with Crippen LogP contribution in [0.5, 0.6) is 23.0 Å². The number of ether oxygens (including phenoxy) is 3. The van der Waals surface area contributed by atoms with Gasteiger partial charge < -0.3 is 24.4 Å². The molecule has 45 heavy (non-hydrogen) atoms. The van der Waals surface area contributed by atoms with Crippen LogP contribution in [0.3, 0.4) is 0 Å². The Hall–Kier alpha value is -4.88. The van der Waals surface area contributed by atoms with E-state index in [2.05, 4.69) is 25.7 Å². The van der Waals surface area contributed by atoms with Crippen molar-refractivity contribution in [3.8, 4) is 23.0 Å². The van der Waals surface area contributed by atoms with Crippen LogP contribution >= 0.6 is 12.2 Å². The number of anilines is 1. The number of nitro groups is 1. The van der Waals surface area contributed by atoms with Crippen LogP contribution in [0, 0.1) is 15.9 Å². The van der Waals surface area contributed by atoms with Gasteiger partial charge in [0.2, 0.25) is 0 Å². The molecular weight excluding hydrogens is 599 g/mol. The molecule has 1 aliphatic rings. The lowest BCUT2D eigenvalue weighted by Gasteiger charge is -2.26. The van der Waals surface area contributed by atoms with Crippen molar-refractivity contribution in [2.24, 2.45) is 5.10 Å². The number of nitrogens with zero attached hydrogens (tertiary/aromatic N) is 4. The number of piperidine rings is 1. The average Bonchev–Trinajstić information content (AvgIpc) is 3.04. The van der Waals surface area contributed by atoms with E-state index in [0.717, 1.165) is 26.1 Å². The fraction of sp³-hybridized carbons (Fsp3) is 0.281. The summed E-state index contributed by atoms with van der Waals surface area (Å²) in [5, 5.41) is 18.6. The molecule has 0 saturated carbocycles. The number of para-hydroxylation sites is 1. The quantitative estimate of drug-likeness (QED) is 0.0576. The molecule has 1 aromatic heterocycles. The molecule has 0 unspecified atom stereocenters. The largest absolute Gasteiger partial charge is 0.493 e. The highest BCUT2D eigenvalue weighted by Crippen LogP contribution is 2.38. The van der Waals surface area contributed by atoms with Gasteiger partial charge in [-0.2, -0.15) is 5.10 Å². The van der Waals surface area contributed by atoms with Gasteiger partial charge in [-0.15, -0.1) is 0 Å². The molecule has 2 N–H and O–H groups in total. The van der Waals surface area contributed by atoms with Crippen LogP contribution < -0.4 is 25.0 Å². The second-order valence-electron chi connectivity index (χ2n) is 10.3. The van der Waals surface area contributed by atoms with Crippen molar-refractivity contribution in [2.45, 2.75) is 25.7 Å². The lowest BCUT2D eigenvalue weighted by atomic mass is 10.1. The molecule has 5 rings (SSSR count). The zero-order valence-corrected chi connectivity index (χ0v) is 25.5. The van der Waals surface area contributed by atoms with Crippen LogP contribution in [0.15, 0.2) is 72.0 Å². The number of thiocarbonyl (C=S) groups is 1. The highest BCUT2D eigenvalue weighted by molar-refractivity contribution is 7.80. The maximum Gasteiger partial charge on any atom is 0.278 e. The lowest BCUT2D eigenvalue weighted by Crippen LogP contribution is -2.31. The first-order chi connectivity index (χ1) is 21.9. The molecule has 0 amide bonds. The van der Waals surface area contributed by atoms with Crippen LogP contribution in [-0.4, -0.2) is 59.5 Å². The fourth-order valence-corrected chi connectivity index (χ4v) is 5.18. The fourth-order valence-electron chi connectivity index (χ4n) is 5.01. The predicted molar refractivity (Wildman–Crippen MR) is 175 cm³/mol. The van der Waals surface area contributed by atoms with Gasteiger partial charge in [-0.1, -0.05) is 18.6 Å². The summed E-state index contributed by atoms with van der Waals surface area (Å²) in [7, 11) is 1.57. The van der Waals surface area contributed by atoms with E-state index in [4.69, 9.17) is 26.4 Å². The zero-order chi connectivity index (χ0) is 31.6. The molecular formula is C32H33FN6O5S. The monoisotopic (exact) mass is 632 g/mol. The first-order valence-corrected chi connectivity index (χ1v) is 14.9. The molecule has 1 aliphatic heterocycles. The van der Waals surface area contributed by atoms with Crippen molar-refractivity contribution in [1.82, 2.24) is 15.3 Å². The zero-order valence-electron chi connectivity index (χ0n) is 24.7. The van der Waals surface area contributed by atoms with Crippen LogP contribution in [0.25, 0.3) is 10.9 Å². The van der Waals surface area contributed by atoms with Crippen molar-refractivity contribution in [3.63, 3.8) is 0 Å². The van der Waals surface area contributed by atoms with Gasteiger partial charge in [-0.25, -0.2) is 4.39 Å². The van der Waals surface area contributed by atoms with E-state index in [9.17, 15) is 10.1 Å². The molecule has 3 aromatic carbocycles. The van der Waals surface area contributed by atoms with Gasteiger partial charge in [0.15, 0.2) is 28.2 Å². The molecule has 2 heterocycles. The van der Waals surface area contributed by atoms with E-state index >= 15 is 4.39 Å². The normalized spacial score (nSPS) is 13.5. The summed E-state index contributed by atoms with van der Waals surface area (Å²) in [5.74, 6) is 0.890. The topological polar surface area (TPSA) is 123 Å². The number of pyridine rings is 1. The van der Waals surface area contributed by atoms with E-state index in [-0.39, 0.29) is 16.5 Å². The van der Waals surface area contributed by atoms with Crippen molar-refractivity contribution in [3.05, 3.63) is 88.4 Å². The molecule has 234 valence electrons. The predicted octanol–water partition coefficient (Wildman–Crippen LogP) is 6.66. The summed E-state index contributed by atoms with van der Waals surface area (Å²) < 4.78 is 32.7. The summed E-state index contributed by atoms with van der Waals surface area (Å²) in [5.41, 5.74) is 3.75. The van der Waals surface area contributed by atoms with Crippen molar-refractivity contribution < 1.29 is 23.5 Å². The second kappa shape index (κ2) is 15.2. The number of likely N-dealkylation sites (tertiary alicyclic amines) is 1. The molecule has 4 aromatic rings. The van der Waals surface area contributed by atoms with Gasteiger partial charge in [-0.3, -0.25) is 20.5 Å². The Kier molecular flexibility index (Phi) is 10.7. The minimum absolute atomic E-state index is 0.00154. The summed E-state index contributed by atoms with van der Waals surface area (Å²) in [6.07, 6.45) is 7.61. The average molecular weight is 633 g/mol. The highest BCUT2D eigenvalue weighted by atomic mass is 32.1. The summed E-state index contributed by atoms with van der Waals surface area (Å²) in [4.78, 5) is 17.6. The molecule has 0 radical (unpaired) electrons. The van der Waals surface area contributed by atoms with Gasteiger partial charge in [0.1, 0.15) is 5.75 Å². The first-order valence-electron chi connectivity index (χ1n) is 14.5. The SMILES string of the molecule is COc1cc2c(Oc3ccc(NC(=S)N/N=C/c4ccccc4[N+](=O)[O-])cc3F)ccnc2cc1OCCCN1CCCCC1. The Morgan fingerprint density at radius 3 is 2.69 bits per heavy atom. The molecule has 0 spiro atoms. The molecule has 0 aliphatic carbocycles. The Morgan fingerprint density at radius 1 is 1.09 bits per heavy atom. The van der Waals surface area contributed by atoms with Gasteiger partial charge >= 0.3 is 0 Å². The highest BCUT2D eigenvalue weighted by Gasteiger charge is 2.15. The van der Waals surface area contributed by atoms with E-state index < -0.39 is 10.7 Å². The lowest BCUT2D eigenvalue weighted by molar-refractivity contribution is -0.385.